The fourth-order valence-corrected chi connectivity index (χ4v) is 2.50. The molecule has 0 aliphatic heterocycles. The number of para-hydroxylation sites is 1. The summed E-state index contributed by atoms with van der Waals surface area (Å²) in [5.74, 6) is 0.249. The number of halogens is 1. The number of benzene rings is 3. The number of amides is 2. The Morgan fingerprint density at radius 3 is 2.33 bits per heavy atom. The summed E-state index contributed by atoms with van der Waals surface area (Å²) in [6.45, 7) is 0. The van der Waals surface area contributed by atoms with Crippen molar-refractivity contribution in [2.75, 3.05) is 5.32 Å². The molecule has 0 spiro atoms. The molecule has 3 aromatic rings. The molecular formula is C23H20FN3O3. The molecule has 0 fully saturated rings. The fraction of sp³-hybridized carbons (Fsp3) is 0.0870. The van der Waals surface area contributed by atoms with E-state index in [1.54, 1.807) is 6.07 Å². The van der Waals surface area contributed by atoms with Gasteiger partial charge in [-0.2, -0.15) is 5.10 Å². The minimum absolute atomic E-state index is 0.0148. The number of rotatable bonds is 8. The Hall–Kier alpha value is -4.00. The van der Waals surface area contributed by atoms with Crippen LogP contribution in [0.5, 0.6) is 11.5 Å². The van der Waals surface area contributed by atoms with Crippen molar-refractivity contribution in [1.29, 1.82) is 0 Å². The second kappa shape index (κ2) is 10.5. The molecule has 2 amide bonds. The van der Waals surface area contributed by atoms with Gasteiger partial charge in [0.2, 0.25) is 11.8 Å². The van der Waals surface area contributed by atoms with Crippen LogP contribution in [0, 0.1) is 5.82 Å². The first-order valence-corrected chi connectivity index (χ1v) is 9.29. The van der Waals surface area contributed by atoms with Crippen LogP contribution in [0.15, 0.2) is 84.0 Å². The van der Waals surface area contributed by atoms with Gasteiger partial charge in [-0.1, -0.05) is 30.3 Å². The lowest BCUT2D eigenvalue weighted by Gasteiger charge is -2.06. The van der Waals surface area contributed by atoms with Crippen molar-refractivity contribution >= 4 is 23.7 Å². The standard InChI is InChI=1S/C23H20FN3O3/c24-18-9-11-19(12-10-18)26-22(28)13-14-23(29)27-25-16-17-5-4-8-21(15-17)30-20-6-2-1-3-7-20/h1-12,15-16H,13-14H2,(H,26,28)(H,27,29)/b25-16+. The number of carbonyl (C=O) groups is 2. The minimum atomic E-state index is -0.391. The Labute approximate surface area is 173 Å². The molecular weight excluding hydrogens is 385 g/mol. The van der Waals surface area contributed by atoms with Gasteiger partial charge in [0.25, 0.3) is 0 Å². The fourth-order valence-electron chi connectivity index (χ4n) is 2.50. The molecule has 2 N–H and O–H groups in total. The number of ether oxygens (including phenoxy) is 1. The molecule has 0 aliphatic carbocycles. The largest absolute Gasteiger partial charge is 0.457 e. The van der Waals surface area contributed by atoms with Crippen molar-refractivity contribution in [3.8, 4) is 11.5 Å². The van der Waals surface area contributed by atoms with Gasteiger partial charge >= 0.3 is 0 Å². The zero-order valence-corrected chi connectivity index (χ0v) is 16.0. The summed E-state index contributed by atoms with van der Waals surface area (Å²) in [5, 5.41) is 6.50. The second-order valence-corrected chi connectivity index (χ2v) is 6.34. The topological polar surface area (TPSA) is 79.8 Å². The third-order valence-corrected chi connectivity index (χ3v) is 3.95. The van der Waals surface area contributed by atoms with Crippen LogP contribution in [-0.2, 0) is 9.59 Å². The zero-order chi connectivity index (χ0) is 21.2. The van der Waals surface area contributed by atoms with Gasteiger partial charge in [0, 0.05) is 18.5 Å². The highest BCUT2D eigenvalue weighted by Crippen LogP contribution is 2.21. The SMILES string of the molecule is O=C(CCC(=O)Nc1ccc(F)cc1)N/N=C/c1cccc(Oc2ccccc2)c1. The molecule has 3 rings (SSSR count). The van der Waals surface area contributed by atoms with E-state index in [9.17, 15) is 14.0 Å². The Balaban J connectivity index is 1.43. The molecule has 0 radical (unpaired) electrons. The lowest BCUT2D eigenvalue weighted by atomic mass is 10.2. The molecule has 7 heteroatoms. The van der Waals surface area contributed by atoms with Crippen LogP contribution in [0.2, 0.25) is 0 Å². The van der Waals surface area contributed by atoms with E-state index in [1.165, 1.54) is 30.5 Å². The lowest BCUT2D eigenvalue weighted by Crippen LogP contribution is -2.20. The molecule has 0 saturated heterocycles. The van der Waals surface area contributed by atoms with Crippen molar-refractivity contribution in [1.82, 2.24) is 5.43 Å². The monoisotopic (exact) mass is 405 g/mol. The van der Waals surface area contributed by atoms with E-state index >= 15 is 0 Å². The van der Waals surface area contributed by atoms with Gasteiger partial charge in [-0.15, -0.1) is 0 Å². The molecule has 0 unspecified atom stereocenters. The van der Waals surface area contributed by atoms with E-state index in [4.69, 9.17) is 4.74 Å². The van der Waals surface area contributed by atoms with Gasteiger partial charge < -0.3 is 10.1 Å². The molecule has 3 aromatic carbocycles. The number of hydrogen-bond donors (Lipinski definition) is 2. The summed E-state index contributed by atoms with van der Waals surface area (Å²) < 4.78 is 18.6. The van der Waals surface area contributed by atoms with Gasteiger partial charge in [0.1, 0.15) is 17.3 Å². The van der Waals surface area contributed by atoms with E-state index in [2.05, 4.69) is 15.8 Å². The van der Waals surface area contributed by atoms with Crippen LogP contribution in [-0.4, -0.2) is 18.0 Å². The molecule has 0 aromatic heterocycles. The molecule has 0 bridgehead atoms. The van der Waals surface area contributed by atoms with Crippen LogP contribution in [0.25, 0.3) is 0 Å². The lowest BCUT2D eigenvalue weighted by molar-refractivity contribution is -0.124. The van der Waals surface area contributed by atoms with Gasteiger partial charge in [-0.3, -0.25) is 9.59 Å². The van der Waals surface area contributed by atoms with Gasteiger partial charge in [0.05, 0.1) is 6.21 Å². The van der Waals surface area contributed by atoms with Gasteiger partial charge in [0.15, 0.2) is 0 Å². The first-order valence-electron chi connectivity index (χ1n) is 9.29. The van der Waals surface area contributed by atoms with E-state index in [0.717, 1.165) is 11.3 Å². The van der Waals surface area contributed by atoms with E-state index in [0.29, 0.717) is 11.4 Å². The van der Waals surface area contributed by atoms with Gasteiger partial charge in [-0.25, -0.2) is 9.82 Å². The van der Waals surface area contributed by atoms with Crippen LogP contribution in [0.4, 0.5) is 10.1 Å². The Bertz CT molecular complexity index is 1020. The highest BCUT2D eigenvalue weighted by atomic mass is 19.1. The molecule has 0 heterocycles. The maximum Gasteiger partial charge on any atom is 0.240 e. The molecule has 0 aliphatic rings. The summed E-state index contributed by atoms with van der Waals surface area (Å²) in [6.07, 6.45) is 1.45. The number of anilines is 1. The molecule has 0 saturated carbocycles. The number of nitrogens with one attached hydrogen (secondary N) is 2. The van der Waals surface area contributed by atoms with Crippen LogP contribution >= 0.6 is 0 Å². The van der Waals surface area contributed by atoms with Crippen molar-refractivity contribution in [2.24, 2.45) is 5.10 Å². The van der Waals surface area contributed by atoms with Crippen LogP contribution < -0.4 is 15.5 Å². The average Bonchev–Trinajstić information content (AvgIpc) is 2.75. The van der Waals surface area contributed by atoms with Crippen molar-refractivity contribution in [3.63, 3.8) is 0 Å². The highest BCUT2D eigenvalue weighted by molar-refractivity contribution is 5.93. The van der Waals surface area contributed by atoms with Crippen LogP contribution in [0.3, 0.4) is 0 Å². The minimum Gasteiger partial charge on any atom is -0.457 e. The third-order valence-electron chi connectivity index (χ3n) is 3.95. The smallest absolute Gasteiger partial charge is 0.240 e. The Morgan fingerprint density at radius 1 is 0.867 bits per heavy atom. The molecule has 6 nitrogen and oxygen atoms in total. The summed E-state index contributed by atoms with van der Waals surface area (Å²) in [7, 11) is 0. The maximum atomic E-state index is 12.9. The van der Waals surface area contributed by atoms with Crippen molar-refractivity contribution in [2.45, 2.75) is 12.8 Å². The first kappa shape index (κ1) is 20.7. The zero-order valence-electron chi connectivity index (χ0n) is 16.0. The van der Waals surface area contributed by atoms with Crippen LogP contribution in [0.1, 0.15) is 18.4 Å². The van der Waals surface area contributed by atoms with E-state index in [-0.39, 0.29) is 24.6 Å². The van der Waals surface area contributed by atoms with Crippen molar-refractivity contribution in [3.05, 3.63) is 90.2 Å². The van der Waals surface area contributed by atoms with Gasteiger partial charge in [-0.05, 0) is 54.1 Å². The quantitative estimate of drug-likeness (QED) is 0.428. The normalized spacial score (nSPS) is 10.6. The summed E-state index contributed by atoms with van der Waals surface area (Å²) in [6, 6.07) is 22.0. The number of hydrogen-bond acceptors (Lipinski definition) is 4. The molecule has 30 heavy (non-hydrogen) atoms. The van der Waals surface area contributed by atoms with E-state index in [1.807, 2.05) is 48.5 Å². The molecule has 0 atom stereocenters. The Morgan fingerprint density at radius 2 is 1.57 bits per heavy atom. The molecule has 152 valence electrons. The number of carbonyl (C=O) groups excluding carboxylic acids is 2. The Kier molecular flexibility index (Phi) is 7.27. The maximum absolute atomic E-state index is 12.9. The highest BCUT2D eigenvalue weighted by Gasteiger charge is 2.07. The average molecular weight is 405 g/mol. The van der Waals surface area contributed by atoms with E-state index < -0.39 is 5.91 Å². The second-order valence-electron chi connectivity index (χ2n) is 6.34. The number of nitrogens with zero attached hydrogens (tertiary/aromatic N) is 1. The third kappa shape index (κ3) is 6.87. The van der Waals surface area contributed by atoms with Crippen molar-refractivity contribution < 1.29 is 18.7 Å². The first-order chi connectivity index (χ1) is 14.6. The summed E-state index contributed by atoms with van der Waals surface area (Å²) >= 11 is 0. The summed E-state index contributed by atoms with van der Waals surface area (Å²) in [5.41, 5.74) is 3.60. The number of hydrazone groups is 1. The predicted octanol–water partition coefficient (Wildman–Crippen LogP) is 4.49. The summed E-state index contributed by atoms with van der Waals surface area (Å²) in [4.78, 5) is 23.7. The predicted molar refractivity (Wildman–Crippen MR) is 113 cm³/mol.